The molecule has 0 radical (unpaired) electrons. The minimum Gasteiger partial charge on any atom is -0.478 e. The number of rotatable bonds is 6. The highest BCUT2D eigenvalue weighted by molar-refractivity contribution is 9.10. The fraction of sp³-hybridized carbons (Fsp3) is 0.308. The highest BCUT2D eigenvalue weighted by Gasteiger charge is 2.02. The molecule has 0 unspecified atom stereocenters. The Kier molecular flexibility index (Phi) is 5.94. The van der Waals surface area contributed by atoms with Crippen LogP contribution in [-0.2, 0) is 16.1 Å². The van der Waals surface area contributed by atoms with Crippen LogP contribution in [0.25, 0.3) is 0 Å². The van der Waals surface area contributed by atoms with E-state index in [2.05, 4.69) is 15.9 Å². The summed E-state index contributed by atoms with van der Waals surface area (Å²) in [6, 6.07) is 7.82. The number of aliphatic carboxylic acids is 1. The van der Waals surface area contributed by atoms with Crippen molar-refractivity contribution >= 4 is 21.9 Å². The standard InChI is InChI=1S/C13H15BrO3/c1-2-11(13(15)16)7-8-17-9-10-3-5-12(14)6-4-10/h3-7H,2,8-9H2,1H3,(H,15,16)/b11-7-. The molecule has 1 N–H and O–H groups in total. The molecule has 0 heterocycles. The summed E-state index contributed by atoms with van der Waals surface area (Å²) in [5.74, 6) is -0.875. The van der Waals surface area contributed by atoms with E-state index in [-0.39, 0.29) is 0 Å². The van der Waals surface area contributed by atoms with Crippen molar-refractivity contribution in [1.82, 2.24) is 0 Å². The summed E-state index contributed by atoms with van der Waals surface area (Å²) in [5.41, 5.74) is 1.45. The Morgan fingerprint density at radius 1 is 1.41 bits per heavy atom. The molecule has 0 amide bonds. The largest absolute Gasteiger partial charge is 0.478 e. The monoisotopic (exact) mass is 298 g/mol. The predicted molar refractivity (Wildman–Crippen MR) is 69.8 cm³/mol. The van der Waals surface area contributed by atoms with Gasteiger partial charge in [0.25, 0.3) is 0 Å². The van der Waals surface area contributed by atoms with E-state index in [1.54, 1.807) is 6.08 Å². The van der Waals surface area contributed by atoms with Crippen LogP contribution in [0.3, 0.4) is 0 Å². The van der Waals surface area contributed by atoms with Crippen molar-refractivity contribution in [2.24, 2.45) is 0 Å². The Balaban J connectivity index is 2.37. The quantitative estimate of drug-likeness (QED) is 0.647. The molecule has 1 aromatic carbocycles. The van der Waals surface area contributed by atoms with E-state index in [4.69, 9.17) is 9.84 Å². The molecule has 0 spiro atoms. The minimum atomic E-state index is -0.875. The molecule has 0 saturated carbocycles. The van der Waals surface area contributed by atoms with Crippen molar-refractivity contribution < 1.29 is 14.6 Å². The zero-order chi connectivity index (χ0) is 12.7. The maximum atomic E-state index is 10.7. The summed E-state index contributed by atoms with van der Waals surface area (Å²) in [4.78, 5) is 10.7. The summed E-state index contributed by atoms with van der Waals surface area (Å²) in [7, 11) is 0. The highest BCUT2D eigenvalue weighted by Crippen LogP contribution is 2.11. The van der Waals surface area contributed by atoms with Crippen molar-refractivity contribution in [1.29, 1.82) is 0 Å². The second-order valence-electron chi connectivity index (χ2n) is 3.53. The van der Waals surface area contributed by atoms with Gasteiger partial charge in [-0.2, -0.15) is 0 Å². The molecule has 0 bridgehead atoms. The molecule has 0 aliphatic carbocycles. The van der Waals surface area contributed by atoms with Gasteiger partial charge in [0.05, 0.1) is 13.2 Å². The smallest absolute Gasteiger partial charge is 0.331 e. The van der Waals surface area contributed by atoms with Crippen molar-refractivity contribution in [3.05, 3.63) is 46.0 Å². The normalized spacial score (nSPS) is 11.5. The zero-order valence-corrected chi connectivity index (χ0v) is 11.2. The number of hydrogen-bond acceptors (Lipinski definition) is 2. The zero-order valence-electron chi connectivity index (χ0n) is 9.65. The second-order valence-corrected chi connectivity index (χ2v) is 4.45. The number of carboxylic acids is 1. The molecule has 0 fully saturated rings. The number of ether oxygens (including phenoxy) is 1. The van der Waals surface area contributed by atoms with Gasteiger partial charge in [0.2, 0.25) is 0 Å². The van der Waals surface area contributed by atoms with Crippen LogP contribution in [0.5, 0.6) is 0 Å². The lowest BCUT2D eigenvalue weighted by atomic mass is 10.2. The van der Waals surface area contributed by atoms with E-state index in [0.29, 0.717) is 25.2 Å². The Morgan fingerprint density at radius 2 is 2.06 bits per heavy atom. The van der Waals surface area contributed by atoms with E-state index in [1.165, 1.54) is 0 Å². The van der Waals surface area contributed by atoms with Crippen molar-refractivity contribution in [3.63, 3.8) is 0 Å². The minimum absolute atomic E-state index is 0.325. The van der Waals surface area contributed by atoms with Crippen LogP contribution in [0.1, 0.15) is 18.9 Å². The molecular formula is C13H15BrO3. The summed E-state index contributed by atoms with van der Waals surface area (Å²) in [5, 5.41) is 8.79. The van der Waals surface area contributed by atoms with Gasteiger partial charge in [-0.05, 0) is 30.2 Å². The Hall–Kier alpha value is -1.13. The third-order valence-corrected chi connectivity index (χ3v) is 2.81. The van der Waals surface area contributed by atoms with Crippen LogP contribution in [0.15, 0.2) is 40.4 Å². The van der Waals surface area contributed by atoms with Crippen LogP contribution in [-0.4, -0.2) is 17.7 Å². The first-order valence-corrected chi connectivity index (χ1v) is 6.17. The summed E-state index contributed by atoms with van der Waals surface area (Å²) < 4.78 is 6.42. The van der Waals surface area contributed by atoms with Gasteiger partial charge in [-0.1, -0.05) is 35.0 Å². The molecule has 0 aliphatic rings. The van der Waals surface area contributed by atoms with Crippen LogP contribution in [0.2, 0.25) is 0 Å². The number of carbonyl (C=O) groups is 1. The first-order chi connectivity index (χ1) is 8.13. The first-order valence-electron chi connectivity index (χ1n) is 5.38. The average molecular weight is 299 g/mol. The third kappa shape index (κ3) is 5.15. The van der Waals surface area contributed by atoms with Gasteiger partial charge in [0.1, 0.15) is 0 Å². The van der Waals surface area contributed by atoms with E-state index < -0.39 is 5.97 Å². The van der Waals surface area contributed by atoms with Crippen LogP contribution in [0.4, 0.5) is 0 Å². The van der Waals surface area contributed by atoms with Crippen molar-refractivity contribution in [2.75, 3.05) is 6.61 Å². The number of halogens is 1. The molecule has 3 nitrogen and oxygen atoms in total. The lowest BCUT2D eigenvalue weighted by molar-refractivity contribution is -0.132. The van der Waals surface area contributed by atoms with Gasteiger partial charge in [0, 0.05) is 10.0 Å². The maximum Gasteiger partial charge on any atom is 0.331 e. The molecule has 0 aliphatic heterocycles. The van der Waals surface area contributed by atoms with E-state index in [1.807, 2.05) is 31.2 Å². The fourth-order valence-corrected chi connectivity index (χ4v) is 1.56. The van der Waals surface area contributed by atoms with Gasteiger partial charge >= 0.3 is 5.97 Å². The van der Waals surface area contributed by atoms with E-state index in [0.717, 1.165) is 10.0 Å². The van der Waals surface area contributed by atoms with Crippen LogP contribution in [0, 0.1) is 0 Å². The summed E-state index contributed by atoms with van der Waals surface area (Å²) in [6.45, 7) is 2.63. The molecule has 4 heteroatoms. The molecule has 0 atom stereocenters. The van der Waals surface area contributed by atoms with E-state index >= 15 is 0 Å². The van der Waals surface area contributed by atoms with Crippen LogP contribution < -0.4 is 0 Å². The van der Waals surface area contributed by atoms with Gasteiger partial charge in [0.15, 0.2) is 0 Å². The predicted octanol–water partition coefficient (Wildman–Crippen LogP) is 3.39. The molecular weight excluding hydrogens is 284 g/mol. The molecule has 92 valence electrons. The molecule has 1 rings (SSSR count). The number of benzene rings is 1. The highest BCUT2D eigenvalue weighted by atomic mass is 79.9. The molecule has 1 aromatic rings. The van der Waals surface area contributed by atoms with Crippen molar-refractivity contribution in [3.8, 4) is 0 Å². The third-order valence-electron chi connectivity index (χ3n) is 2.29. The Bertz CT molecular complexity index is 396. The average Bonchev–Trinajstić information content (AvgIpc) is 2.31. The molecule has 17 heavy (non-hydrogen) atoms. The Labute approximate surface area is 109 Å². The number of hydrogen-bond donors (Lipinski definition) is 1. The lowest BCUT2D eigenvalue weighted by Crippen LogP contribution is -2.01. The van der Waals surface area contributed by atoms with Gasteiger partial charge in [-0.3, -0.25) is 0 Å². The lowest BCUT2D eigenvalue weighted by Gasteiger charge is -2.03. The first kappa shape index (κ1) is 13.9. The number of carboxylic acid groups (broad SMARTS) is 1. The summed E-state index contributed by atoms with van der Waals surface area (Å²) in [6.07, 6.45) is 2.12. The van der Waals surface area contributed by atoms with Gasteiger partial charge in [-0.25, -0.2) is 4.79 Å². The second kappa shape index (κ2) is 7.25. The van der Waals surface area contributed by atoms with Gasteiger partial charge in [-0.15, -0.1) is 0 Å². The Morgan fingerprint density at radius 3 is 2.59 bits per heavy atom. The van der Waals surface area contributed by atoms with Gasteiger partial charge < -0.3 is 9.84 Å². The molecule has 0 aromatic heterocycles. The maximum absolute atomic E-state index is 10.7. The molecule has 0 saturated heterocycles. The fourth-order valence-electron chi connectivity index (χ4n) is 1.30. The topological polar surface area (TPSA) is 46.5 Å². The van der Waals surface area contributed by atoms with Crippen molar-refractivity contribution in [2.45, 2.75) is 20.0 Å². The summed E-state index contributed by atoms with van der Waals surface area (Å²) >= 11 is 3.36. The van der Waals surface area contributed by atoms with E-state index in [9.17, 15) is 4.79 Å². The van der Waals surface area contributed by atoms with Crippen LogP contribution >= 0.6 is 15.9 Å². The SMILES string of the molecule is CC/C(=C/COCc1ccc(Br)cc1)C(=O)O.